The SMILES string of the molecule is CCC[N+](C)(C)c1cccc(O)c1. The Kier molecular flexibility index (Phi) is 2.94. The Hall–Kier alpha value is -1.02. The van der Waals surface area contributed by atoms with Crippen LogP contribution in [0.3, 0.4) is 0 Å². The molecule has 2 nitrogen and oxygen atoms in total. The maximum Gasteiger partial charge on any atom is 0.136 e. The van der Waals surface area contributed by atoms with E-state index in [9.17, 15) is 5.11 Å². The molecule has 13 heavy (non-hydrogen) atoms. The van der Waals surface area contributed by atoms with Crippen molar-refractivity contribution in [1.29, 1.82) is 0 Å². The Labute approximate surface area is 80.0 Å². The van der Waals surface area contributed by atoms with Crippen LogP contribution >= 0.6 is 0 Å². The molecule has 0 saturated heterocycles. The average Bonchev–Trinajstić information content (AvgIpc) is 2.04. The monoisotopic (exact) mass is 180 g/mol. The van der Waals surface area contributed by atoms with Gasteiger partial charge in [-0.3, -0.25) is 4.48 Å². The standard InChI is InChI=1S/C11H17NO/c1-4-8-12(2,3)10-6-5-7-11(13)9-10/h5-7,9H,4,8H2,1-3H3/p+1. The van der Waals surface area contributed by atoms with Crippen molar-refractivity contribution in [2.75, 3.05) is 20.6 Å². The summed E-state index contributed by atoms with van der Waals surface area (Å²) in [6.07, 6.45) is 1.14. The van der Waals surface area contributed by atoms with E-state index in [4.69, 9.17) is 0 Å². The van der Waals surface area contributed by atoms with Crippen LogP contribution in [0.15, 0.2) is 24.3 Å². The number of hydrogen-bond donors (Lipinski definition) is 1. The molecule has 0 aliphatic rings. The quantitative estimate of drug-likeness (QED) is 0.708. The Morgan fingerprint density at radius 3 is 2.54 bits per heavy atom. The van der Waals surface area contributed by atoms with Gasteiger partial charge in [-0.15, -0.1) is 0 Å². The van der Waals surface area contributed by atoms with Gasteiger partial charge in [0.15, 0.2) is 0 Å². The maximum atomic E-state index is 9.33. The van der Waals surface area contributed by atoms with Crippen LogP contribution in [-0.2, 0) is 0 Å². The van der Waals surface area contributed by atoms with E-state index >= 15 is 0 Å². The van der Waals surface area contributed by atoms with Gasteiger partial charge >= 0.3 is 0 Å². The molecule has 1 N–H and O–H groups in total. The predicted molar refractivity (Wildman–Crippen MR) is 56.9 cm³/mol. The summed E-state index contributed by atoms with van der Waals surface area (Å²) in [4.78, 5) is 0. The highest BCUT2D eigenvalue weighted by Crippen LogP contribution is 2.23. The molecule has 72 valence electrons. The van der Waals surface area contributed by atoms with E-state index in [1.54, 1.807) is 6.07 Å². The number of aromatic hydroxyl groups is 1. The van der Waals surface area contributed by atoms with Crippen molar-refractivity contribution >= 4 is 5.69 Å². The third kappa shape index (κ3) is 2.46. The van der Waals surface area contributed by atoms with Crippen LogP contribution in [0, 0.1) is 0 Å². The first-order valence-electron chi connectivity index (χ1n) is 4.69. The summed E-state index contributed by atoms with van der Waals surface area (Å²) in [7, 11) is 4.30. The second-order valence-electron chi connectivity index (χ2n) is 3.93. The fourth-order valence-electron chi connectivity index (χ4n) is 1.56. The van der Waals surface area contributed by atoms with Crippen LogP contribution in [-0.4, -0.2) is 25.7 Å². The summed E-state index contributed by atoms with van der Waals surface area (Å²) < 4.78 is 0.824. The van der Waals surface area contributed by atoms with Gasteiger partial charge in [0.25, 0.3) is 0 Å². The average molecular weight is 180 g/mol. The van der Waals surface area contributed by atoms with Gasteiger partial charge in [0.2, 0.25) is 0 Å². The van der Waals surface area contributed by atoms with E-state index in [1.807, 2.05) is 12.1 Å². The molecule has 1 aromatic carbocycles. The maximum absolute atomic E-state index is 9.33. The van der Waals surface area contributed by atoms with Crippen LogP contribution in [0.2, 0.25) is 0 Å². The molecular weight excluding hydrogens is 162 g/mol. The fourth-order valence-corrected chi connectivity index (χ4v) is 1.56. The molecular formula is C11H18NO+. The molecule has 0 unspecified atom stereocenters. The van der Waals surface area contributed by atoms with Gasteiger partial charge in [-0.05, 0) is 18.6 Å². The lowest BCUT2D eigenvalue weighted by molar-refractivity contribution is 0.394. The van der Waals surface area contributed by atoms with Crippen LogP contribution in [0.1, 0.15) is 13.3 Å². The molecule has 0 radical (unpaired) electrons. The Morgan fingerprint density at radius 1 is 1.31 bits per heavy atom. The lowest BCUT2D eigenvalue weighted by Crippen LogP contribution is -2.40. The van der Waals surface area contributed by atoms with Gasteiger partial charge < -0.3 is 5.11 Å². The van der Waals surface area contributed by atoms with Crippen molar-refractivity contribution in [1.82, 2.24) is 4.48 Å². The van der Waals surface area contributed by atoms with Crippen molar-refractivity contribution in [2.24, 2.45) is 0 Å². The van der Waals surface area contributed by atoms with Crippen molar-refractivity contribution < 1.29 is 5.11 Å². The number of phenolic OH excluding ortho intramolecular Hbond substituents is 1. The molecule has 2 heteroatoms. The predicted octanol–water partition coefficient (Wildman–Crippen LogP) is 2.37. The first-order chi connectivity index (χ1) is 6.06. The number of hydrogen-bond acceptors (Lipinski definition) is 1. The van der Waals surface area contributed by atoms with Gasteiger partial charge in [0, 0.05) is 6.07 Å². The minimum absolute atomic E-state index is 0.347. The Morgan fingerprint density at radius 2 is 2.00 bits per heavy atom. The summed E-state index contributed by atoms with van der Waals surface area (Å²) in [5.74, 6) is 0.347. The van der Waals surface area contributed by atoms with Crippen molar-refractivity contribution in [3.05, 3.63) is 24.3 Å². The molecule has 0 aliphatic heterocycles. The van der Waals surface area contributed by atoms with E-state index in [1.165, 1.54) is 0 Å². The minimum atomic E-state index is 0.347. The van der Waals surface area contributed by atoms with Gasteiger partial charge in [-0.25, -0.2) is 0 Å². The molecule has 0 heterocycles. The normalized spacial score (nSPS) is 11.6. The van der Waals surface area contributed by atoms with Crippen LogP contribution in [0.25, 0.3) is 0 Å². The van der Waals surface area contributed by atoms with Gasteiger partial charge in [-0.1, -0.05) is 13.0 Å². The summed E-state index contributed by atoms with van der Waals surface area (Å²) >= 11 is 0. The molecule has 0 amide bonds. The molecule has 1 rings (SSSR count). The molecule has 0 saturated carbocycles. The number of quaternary nitrogens is 1. The largest absolute Gasteiger partial charge is 0.508 e. The van der Waals surface area contributed by atoms with E-state index in [2.05, 4.69) is 27.1 Å². The number of nitrogens with zero attached hydrogens (tertiary/aromatic N) is 1. The van der Waals surface area contributed by atoms with E-state index in [-0.39, 0.29) is 0 Å². The van der Waals surface area contributed by atoms with E-state index in [0.717, 1.165) is 23.1 Å². The topological polar surface area (TPSA) is 20.2 Å². The number of rotatable bonds is 3. The Bertz CT molecular complexity index is 281. The molecule has 0 bridgehead atoms. The highest BCUT2D eigenvalue weighted by Gasteiger charge is 2.17. The lowest BCUT2D eigenvalue weighted by atomic mass is 10.2. The highest BCUT2D eigenvalue weighted by atomic mass is 16.3. The fraction of sp³-hybridized carbons (Fsp3) is 0.455. The minimum Gasteiger partial charge on any atom is -0.508 e. The van der Waals surface area contributed by atoms with E-state index < -0.39 is 0 Å². The third-order valence-electron chi connectivity index (χ3n) is 2.31. The van der Waals surface area contributed by atoms with Gasteiger partial charge in [0.1, 0.15) is 11.4 Å². The molecule has 0 aliphatic carbocycles. The molecule has 0 fully saturated rings. The van der Waals surface area contributed by atoms with Crippen molar-refractivity contribution in [2.45, 2.75) is 13.3 Å². The number of benzene rings is 1. The molecule has 0 aromatic heterocycles. The van der Waals surface area contributed by atoms with E-state index in [0.29, 0.717) is 5.75 Å². The molecule has 0 atom stereocenters. The summed E-state index contributed by atoms with van der Waals surface area (Å²) in [6, 6.07) is 7.47. The zero-order valence-electron chi connectivity index (χ0n) is 8.62. The smallest absolute Gasteiger partial charge is 0.136 e. The molecule has 0 spiro atoms. The van der Waals surface area contributed by atoms with Crippen LogP contribution in [0.4, 0.5) is 5.69 Å². The van der Waals surface area contributed by atoms with Gasteiger partial charge in [0.05, 0.1) is 20.6 Å². The third-order valence-corrected chi connectivity index (χ3v) is 2.31. The summed E-state index contributed by atoms with van der Waals surface area (Å²) in [5, 5.41) is 9.33. The van der Waals surface area contributed by atoms with Crippen molar-refractivity contribution in [3.63, 3.8) is 0 Å². The van der Waals surface area contributed by atoms with Crippen LogP contribution < -0.4 is 4.48 Å². The highest BCUT2D eigenvalue weighted by molar-refractivity contribution is 5.46. The summed E-state index contributed by atoms with van der Waals surface area (Å²) in [6.45, 7) is 3.26. The molecule has 1 aromatic rings. The second kappa shape index (κ2) is 3.79. The first-order valence-corrected chi connectivity index (χ1v) is 4.69. The first kappa shape index (κ1) is 10.1. The number of phenols is 1. The Balaban J connectivity index is 2.93. The van der Waals surface area contributed by atoms with Gasteiger partial charge in [-0.2, -0.15) is 0 Å². The zero-order chi connectivity index (χ0) is 9.90. The second-order valence-corrected chi connectivity index (χ2v) is 3.93. The zero-order valence-corrected chi connectivity index (χ0v) is 8.62. The van der Waals surface area contributed by atoms with Crippen molar-refractivity contribution in [3.8, 4) is 5.75 Å². The van der Waals surface area contributed by atoms with Crippen LogP contribution in [0.5, 0.6) is 5.75 Å². The lowest BCUT2D eigenvalue weighted by Gasteiger charge is -2.28. The summed E-state index contributed by atoms with van der Waals surface area (Å²) in [5.41, 5.74) is 1.15.